The Bertz CT molecular complexity index is 561. The molecule has 86 valence electrons. The van der Waals surface area contributed by atoms with Gasteiger partial charge in [0.05, 0.1) is 10.6 Å². The topological polar surface area (TPSA) is 81.5 Å². The number of hydrogen-bond acceptors (Lipinski definition) is 4. The van der Waals surface area contributed by atoms with Crippen LogP contribution in [0.1, 0.15) is 12.5 Å². The normalized spacial score (nSPS) is 21.8. The lowest BCUT2D eigenvalue weighted by atomic mass is 9.93. The van der Waals surface area contributed by atoms with Crippen molar-refractivity contribution in [2.45, 2.75) is 12.5 Å². The van der Waals surface area contributed by atoms with Gasteiger partial charge in [0.15, 0.2) is 5.60 Å². The maximum Gasteiger partial charge on any atom is 0.413 e. The number of non-ortho nitro benzene ring substituents is 1. The molecule has 0 bridgehead atoms. The van der Waals surface area contributed by atoms with Crippen molar-refractivity contribution in [3.8, 4) is 12.3 Å². The second kappa shape index (κ2) is 3.49. The summed E-state index contributed by atoms with van der Waals surface area (Å²) in [6.45, 7) is 1.51. The number of carbonyl (C=O) groups excluding carboxylic acids is 1. The van der Waals surface area contributed by atoms with Crippen LogP contribution in [-0.2, 0) is 10.3 Å². The van der Waals surface area contributed by atoms with Crippen molar-refractivity contribution in [2.75, 3.05) is 5.32 Å². The minimum atomic E-state index is -1.29. The van der Waals surface area contributed by atoms with Gasteiger partial charge in [-0.15, -0.1) is 6.42 Å². The van der Waals surface area contributed by atoms with Gasteiger partial charge in [0.1, 0.15) is 0 Å². The molecule has 1 aliphatic heterocycles. The molecule has 6 heteroatoms. The molecule has 2 rings (SSSR count). The van der Waals surface area contributed by atoms with Gasteiger partial charge in [0, 0.05) is 17.7 Å². The molecular weight excluding hydrogens is 224 g/mol. The lowest BCUT2D eigenvalue weighted by Gasteiger charge is -2.30. The lowest BCUT2D eigenvalue weighted by molar-refractivity contribution is -0.385. The molecule has 1 heterocycles. The summed E-state index contributed by atoms with van der Waals surface area (Å²) in [5, 5.41) is 13.1. The Morgan fingerprint density at radius 1 is 1.59 bits per heavy atom. The number of nitrogens with one attached hydrogen (secondary N) is 1. The second-order valence-corrected chi connectivity index (χ2v) is 3.68. The van der Waals surface area contributed by atoms with Crippen LogP contribution in [0.25, 0.3) is 0 Å². The van der Waals surface area contributed by atoms with Crippen molar-refractivity contribution in [1.82, 2.24) is 0 Å². The Kier molecular flexibility index (Phi) is 2.25. The van der Waals surface area contributed by atoms with Crippen LogP contribution < -0.4 is 5.32 Å². The number of anilines is 1. The van der Waals surface area contributed by atoms with Gasteiger partial charge in [-0.2, -0.15) is 0 Å². The van der Waals surface area contributed by atoms with Crippen LogP contribution in [0, 0.1) is 22.5 Å². The van der Waals surface area contributed by atoms with Crippen molar-refractivity contribution >= 4 is 17.5 Å². The molecule has 1 atom stereocenters. The summed E-state index contributed by atoms with van der Waals surface area (Å²) < 4.78 is 4.98. The zero-order valence-corrected chi connectivity index (χ0v) is 8.89. The Balaban J connectivity index is 2.63. The zero-order valence-electron chi connectivity index (χ0n) is 8.89. The number of ether oxygens (including phenoxy) is 1. The average Bonchev–Trinajstić information content (AvgIpc) is 2.28. The van der Waals surface area contributed by atoms with Gasteiger partial charge >= 0.3 is 6.09 Å². The van der Waals surface area contributed by atoms with Crippen LogP contribution in [-0.4, -0.2) is 11.0 Å². The number of hydrogen-bond donors (Lipinski definition) is 1. The van der Waals surface area contributed by atoms with Crippen molar-refractivity contribution in [2.24, 2.45) is 0 Å². The molecule has 0 aliphatic carbocycles. The summed E-state index contributed by atoms with van der Waals surface area (Å²) in [6, 6.07) is 4.03. The van der Waals surface area contributed by atoms with E-state index in [1.807, 2.05) is 0 Å². The van der Waals surface area contributed by atoms with Crippen LogP contribution in [0.3, 0.4) is 0 Å². The van der Waals surface area contributed by atoms with E-state index in [1.165, 1.54) is 25.1 Å². The number of benzene rings is 1. The third kappa shape index (κ3) is 1.67. The molecular formula is C11H8N2O4. The molecule has 0 aromatic heterocycles. The number of nitro benzene ring substituents is 1. The Hall–Kier alpha value is -2.55. The predicted molar refractivity (Wildman–Crippen MR) is 59.4 cm³/mol. The number of rotatable bonds is 1. The maximum absolute atomic E-state index is 11.3. The number of cyclic esters (lactones) is 1. The van der Waals surface area contributed by atoms with Gasteiger partial charge in [-0.05, 0) is 13.0 Å². The Morgan fingerprint density at radius 3 is 2.88 bits per heavy atom. The highest BCUT2D eigenvalue weighted by atomic mass is 16.6. The molecule has 1 N–H and O–H groups in total. The summed E-state index contributed by atoms with van der Waals surface area (Å²) in [4.78, 5) is 21.4. The molecule has 1 aliphatic rings. The van der Waals surface area contributed by atoms with Gasteiger partial charge in [-0.3, -0.25) is 15.4 Å². The maximum atomic E-state index is 11.3. The first-order valence-corrected chi connectivity index (χ1v) is 4.73. The second-order valence-electron chi connectivity index (χ2n) is 3.68. The molecule has 0 spiro atoms. The van der Waals surface area contributed by atoms with Crippen molar-refractivity contribution in [1.29, 1.82) is 0 Å². The van der Waals surface area contributed by atoms with E-state index in [2.05, 4.69) is 11.2 Å². The smallest absolute Gasteiger partial charge is 0.413 e. The highest BCUT2D eigenvalue weighted by Gasteiger charge is 2.37. The first kappa shape index (κ1) is 11.0. The van der Waals surface area contributed by atoms with Crippen molar-refractivity contribution in [3.05, 3.63) is 33.9 Å². The number of nitro groups is 1. The highest BCUT2D eigenvalue weighted by Crippen LogP contribution is 2.37. The van der Waals surface area contributed by atoms with Crippen LogP contribution in [0.5, 0.6) is 0 Å². The average molecular weight is 232 g/mol. The van der Waals surface area contributed by atoms with Crippen LogP contribution in [0.15, 0.2) is 18.2 Å². The fourth-order valence-electron chi connectivity index (χ4n) is 1.63. The number of amides is 1. The molecule has 1 aromatic rings. The number of terminal acetylenes is 1. The third-order valence-electron chi connectivity index (χ3n) is 2.54. The third-order valence-corrected chi connectivity index (χ3v) is 2.54. The number of carbonyl (C=O) groups is 1. The largest absolute Gasteiger partial charge is 0.425 e. The van der Waals surface area contributed by atoms with Crippen molar-refractivity contribution < 1.29 is 14.5 Å². The summed E-state index contributed by atoms with van der Waals surface area (Å²) in [5.74, 6) is 2.33. The van der Waals surface area contributed by atoms with Gasteiger partial charge in [0.2, 0.25) is 0 Å². The molecule has 1 amide bonds. The quantitative estimate of drug-likeness (QED) is 0.456. The Morgan fingerprint density at radius 2 is 2.29 bits per heavy atom. The zero-order chi connectivity index (χ0) is 12.6. The van der Waals surface area contributed by atoms with Crippen LogP contribution in [0.2, 0.25) is 0 Å². The molecule has 0 saturated carbocycles. The molecule has 0 fully saturated rings. The minimum Gasteiger partial charge on any atom is -0.425 e. The highest BCUT2D eigenvalue weighted by molar-refractivity contribution is 5.89. The summed E-state index contributed by atoms with van der Waals surface area (Å²) >= 11 is 0. The standard InChI is InChI=1S/C11H8N2O4/c1-3-11(2)8-6-7(13(15)16)4-5-9(8)12-10(14)17-11/h1,4-6H,2H3,(H,12,14). The van der Waals surface area contributed by atoms with Gasteiger partial charge in [0.25, 0.3) is 5.69 Å². The Labute approximate surface area is 96.7 Å². The predicted octanol–water partition coefficient (Wildman–Crippen LogP) is 2.01. The van der Waals surface area contributed by atoms with E-state index < -0.39 is 16.6 Å². The number of fused-ring (bicyclic) bond motifs is 1. The van der Waals surface area contributed by atoms with E-state index in [0.717, 1.165) is 0 Å². The summed E-state index contributed by atoms with van der Waals surface area (Å²) in [6.07, 6.45) is 4.64. The molecule has 0 radical (unpaired) electrons. The van der Waals surface area contributed by atoms with E-state index in [9.17, 15) is 14.9 Å². The van der Waals surface area contributed by atoms with Gasteiger partial charge in [-0.25, -0.2) is 4.79 Å². The lowest BCUT2D eigenvalue weighted by Crippen LogP contribution is -2.36. The molecule has 1 unspecified atom stereocenters. The van der Waals surface area contributed by atoms with Gasteiger partial charge in [-0.1, -0.05) is 5.92 Å². The SMILES string of the molecule is C#CC1(C)OC(=O)Nc2ccc([N+](=O)[O-])cc21. The molecule has 6 nitrogen and oxygen atoms in total. The summed E-state index contributed by atoms with van der Waals surface area (Å²) in [7, 11) is 0. The monoisotopic (exact) mass is 232 g/mol. The minimum absolute atomic E-state index is 0.107. The van der Waals surface area contributed by atoms with E-state index in [1.54, 1.807) is 0 Å². The van der Waals surface area contributed by atoms with Crippen LogP contribution in [0.4, 0.5) is 16.2 Å². The number of nitrogens with zero attached hydrogens (tertiary/aromatic N) is 1. The molecule has 17 heavy (non-hydrogen) atoms. The van der Waals surface area contributed by atoms with Crippen molar-refractivity contribution in [3.63, 3.8) is 0 Å². The molecule has 0 saturated heterocycles. The van der Waals surface area contributed by atoms with E-state index in [4.69, 9.17) is 11.2 Å². The summed E-state index contributed by atoms with van der Waals surface area (Å²) in [5.41, 5.74) is -0.574. The first-order chi connectivity index (χ1) is 7.96. The van der Waals surface area contributed by atoms with Gasteiger partial charge < -0.3 is 4.74 Å². The fraction of sp³-hybridized carbons (Fsp3) is 0.182. The van der Waals surface area contributed by atoms with E-state index in [0.29, 0.717) is 11.3 Å². The van der Waals surface area contributed by atoms with E-state index >= 15 is 0 Å². The van der Waals surface area contributed by atoms with Crippen LogP contribution >= 0.6 is 0 Å². The first-order valence-electron chi connectivity index (χ1n) is 4.73. The molecule has 1 aromatic carbocycles. The van der Waals surface area contributed by atoms with E-state index in [-0.39, 0.29) is 5.69 Å². The fourth-order valence-corrected chi connectivity index (χ4v) is 1.63.